The SMILES string of the molecule is CCOC(=O)c1cc([N+](=O)[O-])c(OCCC(C)C)cc1CBr. The number of nitro groups is 1. The van der Waals surface area contributed by atoms with Gasteiger partial charge in [-0.05, 0) is 30.9 Å². The molecule has 0 unspecified atom stereocenters. The topological polar surface area (TPSA) is 78.7 Å². The van der Waals surface area contributed by atoms with Gasteiger partial charge in [0, 0.05) is 11.4 Å². The van der Waals surface area contributed by atoms with Crippen LogP contribution < -0.4 is 4.74 Å². The minimum atomic E-state index is -0.575. The van der Waals surface area contributed by atoms with Gasteiger partial charge in [0.15, 0.2) is 5.75 Å². The number of nitrogens with zero attached hydrogens (tertiary/aromatic N) is 1. The summed E-state index contributed by atoms with van der Waals surface area (Å²) >= 11 is 3.28. The molecule has 7 heteroatoms. The Kier molecular flexibility index (Phi) is 7.31. The van der Waals surface area contributed by atoms with E-state index in [1.165, 1.54) is 12.1 Å². The molecule has 1 aromatic carbocycles. The number of benzene rings is 1. The Morgan fingerprint density at radius 2 is 2.09 bits per heavy atom. The molecule has 122 valence electrons. The lowest BCUT2D eigenvalue weighted by molar-refractivity contribution is -0.385. The minimum absolute atomic E-state index is 0.174. The van der Waals surface area contributed by atoms with Crippen molar-refractivity contribution in [3.63, 3.8) is 0 Å². The average Bonchev–Trinajstić information content (AvgIpc) is 2.46. The second-order valence-electron chi connectivity index (χ2n) is 5.12. The number of carbonyl (C=O) groups is 1. The maximum absolute atomic E-state index is 11.9. The number of hydrogen-bond donors (Lipinski definition) is 0. The molecular weight excluding hydrogens is 354 g/mol. The van der Waals surface area contributed by atoms with Crippen LogP contribution in [0, 0.1) is 16.0 Å². The molecule has 0 atom stereocenters. The second-order valence-corrected chi connectivity index (χ2v) is 5.68. The van der Waals surface area contributed by atoms with E-state index < -0.39 is 10.9 Å². The van der Waals surface area contributed by atoms with Crippen LogP contribution in [0.4, 0.5) is 5.69 Å². The average molecular weight is 374 g/mol. The number of carbonyl (C=O) groups excluding carboxylic acids is 1. The van der Waals surface area contributed by atoms with Crippen molar-refractivity contribution in [2.75, 3.05) is 13.2 Å². The molecule has 22 heavy (non-hydrogen) atoms. The molecule has 0 aliphatic heterocycles. The quantitative estimate of drug-likeness (QED) is 0.296. The van der Waals surface area contributed by atoms with Gasteiger partial charge >= 0.3 is 11.7 Å². The molecule has 1 aromatic rings. The summed E-state index contributed by atoms with van der Waals surface area (Å²) in [6.45, 7) is 6.38. The highest BCUT2D eigenvalue weighted by molar-refractivity contribution is 9.08. The zero-order valence-corrected chi connectivity index (χ0v) is 14.5. The van der Waals surface area contributed by atoms with Gasteiger partial charge in [-0.15, -0.1) is 0 Å². The first-order valence-corrected chi connectivity index (χ1v) is 8.20. The van der Waals surface area contributed by atoms with Crippen molar-refractivity contribution in [1.29, 1.82) is 0 Å². The van der Waals surface area contributed by atoms with Crippen molar-refractivity contribution in [1.82, 2.24) is 0 Å². The van der Waals surface area contributed by atoms with Gasteiger partial charge in [-0.25, -0.2) is 4.79 Å². The van der Waals surface area contributed by atoms with Crippen molar-refractivity contribution in [3.05, 3.63) is 33.4 Å². The molecule has 0 spiro atoms. The summed E-state index contributed by atoms with van der Waals surface area (Å²) in [7, 11) is 0. The third-order valence-electron chi connectivity index (χ3n) is 2.97. The van der Waals surface area contributed by atoms with E-state index >= 15 is 0 Å². The van der Waals surface area contributed by atoms with E-state index in [4.69, 9.17) is 9.47 Å². The largest absolute Gasteiger partial charge is 0.487 e. The van der Waals surface area contributed by atoms with Gasteiger partial charge in [0.2, 0.25) is 0 Å². The number of nitro benzene ring substituents is 1. The Morgan fingerprint density at radius 1 is 1.41 bits per heavy atom. The first kappa shape index (κ1) is 18.4. The summed E-state index contributed by atoms with van der Waals surface area (Å²) in [6, 6.07) is 2.75. The molecule has 0 fully saturated rings. The zero-order chi connectivity index (χ0) is 16.7. The highest BCUT2D eigenvalue weighted by Gasteiger charge is 2.23. The monoisotopic (exact) mass is 373 g/mol. The van der Waals surface area contributed by atoms with E-state index in [-0.39, 0.29) is 23.6 Å². The normalized spacial score (nSPS) is 10.6. The summed E-state index contributed by atoms with van der Waals surface area (Å²) in [5.74, 6) is 0.0374. The fraction of sp³-hybridized carbons (Fsp3) is 0.533. The van der Waals surface area contributed by atoms with Gasteiger partial charge < -0.3 is 9.47 Å². The Hall–Kier alpha value is -1.63. The van der Waals surface area contributed by atoms with Gasteiger partial charge in [-0.1, -0.05) is 29.8 Å². The highest BCUT2D eigenvalue weighted by Crippen LogP contribution is 2.32. The maximum Gasteiger partial charge on any atom is 0.338 e. The zero-order valence-electron chi connectivity index (χ0n) is 12.9. The third kappa shape index (κ3) is 4.98. The van der Waals surface area contributed by atoms with E-state index in [1.807, 2.05) is 13.8 Å². The summed E-state index contributed by atoms with van der Waals surface area (Å²) in [5, 5.41) is 11.6. The Balaban J connectivity index is 3.16. The molecule has 0 heterocycles. The lowest BCUT2D eigenvalue weighted by atomic mass is 10.1. The maximum atomic E-state index is 11.9. The van der Waals surface area contributed by atoms with Crippen molar-refractivity contribution in [2.24, 2.45) is 5.92 Å². The van der Waals surface area contributed by atoms with Crippen LogP contribution in [0.5, 0.6) is 5.75 Å². The van der Waals surface area contributed by atoms with Crippen LogP contribution in [0.25, 0.3) is 0 Å². The van der Waals surface area contributed by atoms with Crippen molar-refractivity contribution < 1.29 is 19.2 Å². The molecule has 0 saturated heterocycles. The van der Waals surface area contributed by atoms with Gasteiger partial charge in [0.25, 0.3) is 0 Å². The summed E-state index contributed by atoms with van der Waals surface area (Å²) in [6.07, 6.45) is 0.792. The number of hydrogen-bond acceptors (Lipinski definition) is 5. The standard InChI is InChI=1S/C15H20BrNO5/c1-4-21-15(18)12-8-13(17(19)20)14(7-11(12)9-16)22-6-5-10(2)3/h7-8,10H,4-6,9H2,1-3H3. The third-order valence-corrected chi connectivity index (χ3v) is 3.58. The lowest BCUT2D eigenvalue weighted by Crippen LogP contribution is -2.10. The van der Waals surface area contributed by atoms with E-state index in [1.54, 1.807) is 6.92 Å². The summed E-state index contributed by atoms with van der Waals surface area (Å²) < 4.78 is 10.5. The first-order valence-electron chi connectivity index (χ1n) is 7.07. The van der Waals surface area contributed by atoms with E-state index in [9.17, 15) is 14.9 Å². The fourth-order valence-corrected chi connectivity index (χ4v) is 2.25. The molecule has 0 N–H and O–H groups in total. The number of ether oxygens (including phenoxy) is 2. The van der Waals surface area contributed by atoms with Crippen LogP contribution in [0.3, 0.4) is 0 Å². The van der Waals surface area contributed by atoms with Crippen LogP contribution >= 0.6 is 15.9 Å². The van der Waals surface area contributed by atoms with Gasteiger partial charge in [-0.2, -0.15) is 0 Å². The van der Waals surface area contributed by atoms with E-state index in [0.717, 1.165) is 6.42 Å². The van der Waals surface area contributed by atoms with Crippen LogP contribution in [-0.2, 0) is 10.1 Å². The molecule has 6 nitrogen and oxygen atoms in total. The second kappa shape index (κ2) is 8.73. The number of halogens is 1. The number of rotatable bonds is 8. The molecule has 0 bridgehead atoms. The van der Waals surface area contributed by atoms with Crippen molar-refractivity contribution in [3.8, 4) is 5.75 Å². The predicted molar refractivity (Wildman–Crippen MR) is 86.6 cm³/mol. The van der Waals surface area contributed by atoms with Crippen LogP contribution in [0.1, 0.15) is 43.1 Å². The van der Waals surface area contributed by atoms with E-state index in [2.05, 4.69) is 15.9 Å². The van der Waals surface area contributed by atoms with E-state index in [0.29, 0.717) is 23.4 Å². The first-order chi connectivity index (χ1) is 10.4. The van der Waals surface area contributed by atoms with Crippen molar-refractivity contribution >= 4 is 27.6 Å². The molecule has 1 rings (SSSR count). The molecule has 0 aliphatic rings. The molecule has 0 amide bonds. The Morgan fingerprint density at radius 3 is 2.59 bits per heavy atom. The smallest absolute Gasteiger partial charge is 0.338 e. The highest BCUT2D eigenvalue weighted by atomic mass is 79.9. The van der Waals surface area contributed by atoms with Crippen LogP contribution in [0.15, 0.2) is 12.1 Å². The van der Waals surface area contributed by atoms with Crippen LogP contribution in [-0.4, -0.2) is 24.1 Å². The Labute approximate surface area is 138 Å². The Bertz CT molecular complexity index is 545. The number of esters is 1. The molecule has 0 saturated carbocycles. The summed E-state index contributed by atoms with van der Waals surface area (Å²) in [4.78, 5) is 22.6. The minimum Gasteiger partial charge on any atom is -0.487 e. The summed E-state index contributed by atoms with van der Waals surface area (Å²) in [5.41, 5.74) is 0.557. The molecule has 0 aromatic heterocycles. The van der Waals surface area contributed by atoms with Gasteiger partial charge in [0.05, 0.1) is 23.7 Å². The molecule has 0 radical (unpaired) electrons. The predicted octanol–water partition coefficient (Wildman–Crippen LogP) is 4.09. The molecule has 0 aliphatic carbocycles. The fourth-order valence-electron chi connectivity index (χ4n) is 1.78. The lowest BCUT2D eigenvalue weighted by Gasteiger charge is -2.12. The van der Waals surface area contributed by atoms with Gasteiger partial charge in [0.1, 0.15) is 0 Å². The number of alkyl halides is 1. The van der Waals surface area contributed by atoms with Gasteiger partial charge in [-0.3, -0.25) is 10.1 Å². The van der Waals surface area contributed by atoms with Crippen LogP contribution in [0.2, 0.25) is 0 Å². The van der Waals surface area contributed by atoms with Crippen molar-refractivity contribution in [2.45, 2.75) is 32.5 Å². The molecular formula is C15H20BrNO5.